The third-order valence-electron chi connectivity index (χ3n) is 5.12. The number of allylic oxidation sites excluding steroid dienone is 4. The van der Waals surface area contributed by atoms with Gasteiger partial charge in [-0.1, -0.05) is 93.7 Å². The van der Waals surface area contributed by atoms with Crippen LogP contribution in [0, 0.1) is 0 Å². The van der Waals surface area contributed by atoms with Crippen LogP contribution in [0.2, 0.25) is 0 Å². The molecule has 2 aliphatic carbocycles. The Morgan fingerprint density at radius 3 is 2.30 bits per heavy atom. The molecular formula is C22H33N. The number of benzene rings is 1. The Labute approximate surface area is 142 Å². The zero-order valence-corrected chi connectivity index (χ0v) is 14.7. The SMILES string of the molecule is CCCCC1(c2ccccc2)C=CC=CC1.NC1CCCCC1. The van der Waals surface area contributed by atoms with Gasteiger partial charge in [-0.05, 0) is 31.2 Å². The molecule has 126 valence electrons. The van der Waals surface area contributed by atoms with Crippen LogP contribution in [-0.2, 0) is 5.41 Å². The zero-order valence-electron chi connectivity index (χ0n) is 14.7. The molecule has 3 rings (SSSR count). The van der Waals surface area contributed by atoms with Crippen molar-refractivity contribution in [2.24, 2.45) is 5.73 Å². The fourth-order valence-electron chi connectivity index (χ4n) is 3.60. The number of hydrogen-bond donors (Lipinski definition) is 1. The smallest absolute Gasteiger partial charge is 0.0169 e. The van der Waals surface area contributed by atoms with Gasteiger partial charge in [0.05, 0.1) is 0 Å². The molecule has 1 aromatic rings. The summed E-state index contributed by atoms with van der Waals surface area (Å²) in [6, 6.07) is 11.5. The highest BCUT2D eigenvalue weighted by Crippen LogP contribution is 2.37. The lowest BCUT2D eigenvalue weighted by molar-refractivity contribution is 0.441. The van der Waals surface area contributed by atoms with Gasteiger partial charge in [0.2, 0.25) is 0 Å². The van der Waals surface area contributed by atoms with Crippen LogP contribution >= 0.6 is 0 Å². The second-order valence-electron chi connectivity index (χ2n) is 7.02. The van der Waals surface area contributed by atoms with Crippen molar-refractivity contribution >= 4 is 0 Å². The van der Waals surface area contributed by atoms with E-state index < -0.39 is 0 Å². The molecule has 1 unspecified atom stereocenters. The molecule has 1 saturated carbocycles. The summed E-state index contributed by atoms with van der Waals surface area (Å²) in [5.41, 5.74) is 7.35. The Morgan fingerprint density at radius 1 is 1.04 bits per heavy atom. The van der Waals surface area contributed by atoms with E-state index in [9.17, 15) is 0 Å². The van der Waals surface area contributed by atoms with E-state index in [1.807, 2.05) is 0 Å². The molecule has 1 heteroatoms. The van der Waals surface area contributed by atoms with Crippen molar-refractivity contribution in [2.75, 3.05) is 0 Å². The fraction of sp³-hybridized carbons (Fsp3) is 0.545. The summed E-state index contributed by atoms with van der Waals surface area (Å²) in [6.45, 7) is 2.26. The lowest BCUT2D eigenvalue weighted by atomic mass is 9.72. The van der Waals surface area contributed by atoms with E-state index in [4.69, 9.17) is 5.73 Å². The van der Waals surface area contributed by atoms with Gasteiger partial charge in [0.25, 0.3) is 0 Å². The molecule has 1 nitrogen and oxygen atoms in total. The van der Waals surface area contributed by atoms with Crippen LogP contribution in [0.3, 0.4) is 0 Å². The Kier molecular flexibility index (Phi) is 7.61. The minimum atomic E-state index is 0.256. The molecule has 2 N–H and O–H groups in total. The van der Waals surface area contributed by atoms with Gasteiger partial charge in [-0.2, -0.15) is 0 Å². The first kappa shape index (κ1) is 18.0. The molecule has 0 saturated heterocycles. The molecule has 23 heavy (non-hydrogen) atoms. The maximum Gasteiger partial charge on any atom is 0.0169 e. The molecule has 1 aromatic carbocycles. The van der Waals surface area contributed by atoms with Gasteiger partial charge in [0.15, 0.2) is 0 Å². The molecule has 0 bridgehead atoms. The van der Waals surface area contributed by atoms with Gasteiger partial charge in [0, 0.05) is 11.5 Å². The summed E-state index contributed by atoms with van der Waals surface area (Å²) in [4.78, 5) is 0. The Bertz CT molecular complexity index is 482. The summed E-state index contributed by atoms with van der Waals surface area (Å²) in [5.74, 6) is 0. The maximum atomic E-state index is 5.63. The van der Waals surface area contributed by atoms with Crippen LogP contribution in [-0.4, -0.2) is 6.04 Å². The Balaban J connectivity index is 0.000000229. The molecule has 0 spiro atoms. The monoisotopic (exact) mass is 311 g/mol. The zero-order chi connectivity index (χ0) is 16.4. The Morgan fingerprint density at radius 2 is 1.78 bits per heavy atom. The summed E-state index contributed by atoms with van der Waals surface area (Å²) < 4.78 is 0. The third kappa shape index (κ3) is 5.66. The standard InChI is InChI=1S/C16H20.C6H13N/c1-2-3-12-16(13-8-5-9-14-16)15-10-6-4-7-11-15;7-6-4-2-1-3-5-6/h4-11,13H,2-3,12,14H2,1H3;6H,1-5,7H2. The fourth-order valence-corrected chi connectivity index (χ4v) is 3.60. The van der Waals surface area contributed by atoms with Crippen LogP contribution in [0.25, 0.3) is 0 Å². The highest BCUT2D eigenvalue weighted by molar-refractivity contribution is 5.35. The van der Waals surface area contributed by atoms with Crippen LogP contribution in [0.15, 0.2) is 54.6 Å². The lowest BCUT2D eigenvalue weighted by Gasteiger charge is -2.32. The topological polar surface area (TPSA) is 26.0 Å². The molecule has 2 aliphatic rings. The van der Waals surface area contributed by atoms with Crippen molar-refractivity contribution in [1.82, 2.24) is 0 Å². The number of hydrogen-bond acceptors (Lipinski definition) is 1. The van der Waals surface area contributed by atoms with Gasteiger partial charge >= 0.3 is 0 Å². The lowest BCUT2D eigenvalue weighted by Crippen LogP contribution is -2.24. The average Bonchev–Trinajstić information content (AvgIpc) is 2.63. The molecule has 0 amide bonds. The first-order valence-corrected chi connectivity index (χ1v) is 9.42. The second kappa shape index (κ2) is 9.72. The number of rotatable bonds is 4. The van der Waals surface area contributed by atoms with Gasteiger partial charge in [-0.25, -0.2) is 0 Å². The van der Waals surface area contributed by atoms with Gasteiger partial charge in [-0.3, -0.25) is 0 Å². The van der Waals surface area contributed by atoms with Crippen molar-refractivity contribution in [2.45, 2.75) is 76.2 Å². The molecule has 0 heterocycles. The summed E-state index contributed by atoms with van der Waals surface area (Å²) in [5, 5.41) is 0. The van der Waals surface area contributed by atoms with E-state index in [0.29, 0.717) is 6.04 Å². The van der Waals surface area contributed by atoms with Gasteiger partial charge in [0.1, 0.15) is 0 Å². The van der Waals surface area contributed by atoms with E-state index in [1.165, 1.54) is 56.9 Å². The second-order valence-corrected chi connectivity index (χ2v) is 7.02. The van der Waals surface area contributed by atoms with E-state index in [-0.39, 0.29) is 5.41 Å². The van der Waals surface area contributed by atoms with E-state index in [1.54, 1.807) is 0 Å². The first-order valence-electron chi connectivity index (χ1n) is 9.42. The molecule has 0 aliphatic heterocycles. The Hall–Kier alpha value is -1.34. The van der Waals surface area contributed by atoms with Crippen molar-refractivity contribution in [3.8, 4) is 0 Å². The number of nitrogens with two attached hydrogens (primary N) is 1. The van der Waals surface area contributed by atoms with Crippen LogP contribution in [0.1, 0.15) is 70.3 Å². The third-order valence-corrected chi connectivity index (χ3v) is 5.12. The first-order chi connectivity index (χ1) is 11.3. The minimum absolute atomic E-state index is 0.256. The van der Waals surface area contributed by atoms with Crippen molar-refractivity contribution in [3.63, 3.8) is 0 Å². The maximum absolute atomic E-state index is 5.63. The quantitative estimate of drug-likeness (QED) is 0.735. The van der Waals surface area contributed by atoms with Crippen LogP contribution < -0.4 is 5.73 Å². The summed E-state index contributed by atoms with van der Waals surface area (Å²) in [7, 11) is 0. The summed E-state index contributed by atoms with van der Waals surface area (Å²) >= 11 is 0. The largest absolute Gasteiger partial charge is 0.328 e. The van der Waals surface area contributed by atoms with Gasteiger partial charge in [-0.15, -0.1) is 0 Å². The minimum Gasteiger partial charge on any atom is -0.328 e. The molecule has 0 aromatic heterocycles. The van der Waals surface area contributed by atoms with Gasteiger partial charge < -0.3 is 5.73 Å². The normalized spacial score (nSPS) is 24.1. The van der Waals surface area contributed by atoms with Crippen LogP contribution in [0.4, 0.5) is 0 Å². The summed E-state index contributed by atoms with van der Waals surface area (Å²) in [6.07, 6.45) is 20.7. The molecule has 1 atom stereocenters. The van der Waals surface area contributed by atoms with Crippen molar-refractivity contribution < 1.29 is 0 Å². The molecular weight excluding hydrogens is 278 g/mol. The highest BCUT2D eigenvalue weighted by atomic mass is 14.6. The molecule has 1 fully saturated rings. The average molecular weight is 312 g/mol. The predicted octanol–water partition coefficient (Wildman–Crippen LogP) is 5.91. The van der Waals surface area contributed by atoms with Crippen molar-refractivity contribution in [1.29, 1.82) is 0 Å². The predicted molar refractivity (Wildman–Crippen MR) is 102 cm³/mol. The van der Waals surface area contributed by atoms with E-state index in [0.717, 1.165) is 6.42 Å². The molecule has 0 radical (unpaired) electrons. The van der Waals surface area contributed by atoms with Crippen molar-refractivity contribution in [3.05, 3.63) is 60.2 Å². The van der Waals surface area contributed by atoms with E-state index in [2.05, 4.69) is 61.6 Å². The van der Waals surface area contributed by atoms with E-state index >= 15 is 0 Å². The van der Waals surface area contributed by atoms with Crippen LogP contribution in [0.5, 0.6) is 0 Å². The highest BCUT2D eigenvalue weighted by Gasteiger charge is 2.28. The number of unbranched alkanes of at least 4 members (excludes halogenated alkanes) is 1.